The summed E-state index contributed by atoms with van der Waals surface area (Å²) in [4.78, 5) is 0. The highest BCUT2D eigenvalue weighted by Gasteiger charge is 2.38. The summed E-state index contributed by atoms with van der Waals surface area (Å²) in [5.41, 5.74) is 1.91. The molecule has 1 aliphatic rings. The molecule has 1 saturated heterocycles. The van der Waals surface area contributed by atoms with Gasteiger partial charge >= 0.3 is 0 Å². The maximum Gasteiger partial charge on any atom is 0.0847 e. The number of likely N-dealkylation sites (N-methyl/N-ethyl adjacent to an activating group) is 1. The van der Waals surface area contributed by atoms with Crippen molar-refractivity contribution in [1.82, 2.24) is 15.1 Å². The molecule has 1 aliphatic heterocycles. The summed E-state index contributed by atoms with van der Waals surface area (Å²) in [5, 5.41) is 8.67. The lowest BCUT2D eigenvalue weighted by molar-refractivity contribution is -0.00990. The fourth-order valence-electron chi connectivity index (χ4n) is 2.96. The Morgan fingerprint density at radius 2 is 2.32 bits per heavy atom. The van der Waals surface area contributed by atoms with E-state index in [9.17, 15) is 0 Å². The summed E-state index contributed by atoms with van der Waals surface area (Å²) < 4.78 is 7.95. The first-order valence-corrected chi connectivity index (χ1v) is 7.42. The van der Waals surface area contributed by atoms with Crippen LogP contribution < -0.4 is 5.32 Å². The Hall–Kier alpha value is -0.580. The molecule has 2 unspecified atom stereocenters. The first-order valence-electron chi connectivity index (χ1n) is 7.05. The van der Waals surface area contributed by atoms with Crippen LogP contribution in [-0.4, -0.2) is 35.1 Å². The van der Waals surface area contributed by atoms with E-state index in [2.05, 4.69) is 24.3 Å². The van der Waals surface area contributed by atoms with E-state index in [1.54, 1.807) is 0 Å². The molecule has 5 heteroatoms. The number of hydrogen-bond donors (Lipinski definition) is 1. The fraction of sp³-hybridized carbons (Fsp3) is 0.786. The number of halogens is 1. The number of ether oxygens (including phenoxy) is 1. The number of hydrogen-bond acceptors (Lipinski definition) is 3. The maximum atomic E-state index is 6.39. The van der Waals surface area contributed by atoms with E-state index in [-0.39, 0.29) is 11.6 Å². The molecule has 2 rings (SSSR count). The van der Waals surface area contributed by atoms with Gasteiger partial charge in [-0.2, -0.15) is 5.10 Å². The highest BCUT2D eigenvalue weighted by atomic mass is 35.5. The molecule has 4 nitrogen and oxygen atoms in total. The van der Waals surface area contributed by atoms with E-state index >= 15 is 0 Å². The van der Waals surface area contributed by atoms with Crippen LogP contribution in [0.25, 0.3) is 0 Å². The van der Waals surface area contributed by atoms with Gasteiger partial charge in [0.25, 0.3) is 0 Å². The molecular weight excluding hydrogens is 262 g/mol. The molecule has 0 spiro atoms. The second kappa shape index (κ2) is 5.81. The van der Waals surface area contributed by atoms with Crippen molar-refractivity contribution in [3.05, 3.63) is 16.4 Å². The molecule has 1 fully saturated rings. The van der Waals surface area contributed by atoms with Crippen LogP contribution in [0.5, 0.6) is 0 Å². The average molecular weight is 286 g/mol. The van der Waals surface area contributed by atoms with Gasteiger partial charge in [0.1, 0.15) is 0 Å². The molecule has 1 N–H and O–H groups in total. The Balaban J connectivity index is 2.23. The van der Waals surface area contributed by atoms with Crippen molar-refractivity contribution < 1.29 is 4.74 Å². The van der Waals surface area contributed by atoms with Crippen molar-refractivity contribution in [3.63, 3.8) is 0 Å². The van der Waals surface area contributed by atoms with E-state index in [0.29, 0.717) is 0 Å². The van der Waals surface area contributed by atoms with Crippen LogP contribution in [0.1, 0.15) is 38.1 Å². The molecule has 108 valence electrons. The minimum absolute atomic E-state index is 0.102. The zero-order valence-corrected chi connectivity index (χ0v) is 13.0. The standard InChI is InChI=1S/C14H24ClN3O/c1-5-18-11(13(15)10(2)17-18)9-12(16-4)14(3)7-6-8-19-14/h12,16H,5-9H2,1-4H3. The van der Waals surface area contributed by atoms with Crippen molar-refractivity contribution in [1.29, 1.82) is 0 Å². The molecule has 0 aliphatic carbocycles. The summed E-state index contributed by atoms with van der Waals surface area (Å²) in [5.74, 6) is 0. The monoisotopic (exact) mass is 285 g/mol. The Morgan fingerprint density at radius 3 is 2.84 bits per heavy atom. The third kappa shape index (κ3) is 2.81. The summed E-state index contributed by atoms with van der Waals surface area (Å²) in [6, 6.07) is 0.258. The molecule has 19 heavy (non-hydrogen) atoms. The molecule has 0 aromatic carbocycles. The SMILES string of the molecule is CCn1nc(C)c(Cl)c1CC(NC)C1(C)CCCO1. The number of aromatic nitrogens is 2. The first-order chi connectivity index (χ1) is 9.01. The third-order valence-electron chi connectivity index (χ3n) is 4.19. The molecule has 1 aromatic heterocycles. The molecule has 0 amide bonds. The second-order valence-electron chi connectivity index (χ2n) is 5.47. The Bertz CT molecular complexity index is 438. The molecule has 0 radical (unpaired) electrons. The van der Waals surface area contributed by atoms with E-state index in [1.165, 1.54) is 0 Å². The number of aryl methyl sites for hydroxylation is 2. The van der Waals surface area contributed by atoms with E-state index in [0.717, 1.165) is 48.8 Å². The summed E-state index contributed by atoms with van der Waals surface area (Å²) in [6.07, 6.45) is 3.07. The van der Waals surface area contributed by atoms with Gasteiger partial charge < -0.3 is 10.1 Å². The predicted octanol–water partition coefficient (Wildman–Crippen LogP) is 2.56. The molecule has 2 atom stereocenters. The van der Waals surface area contributed by atoms with Gasteiger partial charge in [-0.05, 0) is 40.7 Å². The van der Waals surface area contributed by atoms with Crippen molar-refractivity contribution in [2.45, 2.75) is 58.2 Å². The highest BCUT2D eigenvalue weighted by Crippen LogP contribution is 2.32. The van der Waals surface area contributed by atoms with Crippen molar-refractivity contribution in [3.8, 4) is 0 Å². The fourth-order valence-corrected chi connectivity index (χ4v) is 3.17. The minimum atomic E-state index is -0.102. The van der Waals surface area contributed by atoms with Gasteiger partial charge in [-0.15, -0.1) is 0 Å². The minimum Gasteiger partial charge on any atom is -0.374 e. The number of rotatable bonds is 5. The summed E-state index contributed by atoms with van der Waals surface area (Å²) >= 11 is 6.39. The molecular formula is C14H24ClN3O. The molecule has 0 bridgehead atoms. The number of nitrogens with zero attached hydrogens (tertiary/aromatic N) is 2. The van der Waals surface area contributed by atoms with Gasteiger partial charge in [-0.3, -0.25) is 4.68 Å². The van der Waals surface area contributed by atoms with E-state index < -0.39 is 0 Å². The first kappa shape index (κ1) is 14.8. The predicted molar refractivity (Wildman–Crippen MR) is 77.8 cm³/mol. The second-order valence-corrected chi connectivity index (χ2v) is 5.85. The van der Waals surface area contributed by atoms with E-state index in [4.69, 9.17) is 16.3 Å². The zero-order chi connectivity index (χ0) is 14.0. The van der Waals surface area contributed by atoms with Crippen LogP contribution >= 0.6 is 11.6 Å². The third-order valence-corrected chi connectivity index (χ3v) is 4.68. The zero-order valence-electron chi connectivity index (χ0n) is 12.3. The van der Waals surface area contributed by atoms with Gasteiger partial charge in [-0.25, -0.2) is 0 Å². The molecule has 2 heterocycles. The van der Waals surface area contributed by atoms with Crippen molar-refractivity contribution in [2.75, 3.05) is 13.7 Å². The van der Waals surface area contributed by atoms with Gasteiger partial charge in [-0.1, -0.05) is 11.6 Å². The van der Waals surface area contributed by atoms with E-state index in [1.807, 2.05) is 18.7 Å². The van der Waals surface area contributed by atoms with Crippen LogP contribution in [0.2, 0.25) is 5.02 Å². The topological polar surface area (TPSA) is 39.1 Å². The van der Waals surface area contributed by atoms with Crippen LogP contribution in [0.15, 0.2) is 0 Å². The Morgan fingerprint density at radius 1 is 1.58 bits per heavy atom. The van der Waals surface area contributed by atoms with Crippen LogP contribution in [0.3, 0.4) is 0 Å². The lowest BCUT2D eigenvalue weighted by Crippen LogP contribution is -2.48. The van der Waals surface area contributed by atoms with Crippen LogP contribution in [-0.2, 0) is 17.7 Å². The molecule has 0 saturated carbocycles. The summed E-state index contributed by atoms with van der Waals surface area (Å²) in [6.45, 7) is 7.94. The molecule has 1 aromatic rings. The van der Waals surface area contributed by atoms with Crippen LogP contribution in [0, 0.1) is 6.92 Å². The highest BCUT2D eigenvalue weighted by molar-refractivity contribution is 6.31. The largest absolute Gasteiger partial charge is 0.374 e. The lowest BCUT2D eigenvalue weighted by Gasteiger charge is -2.33. The van der Waals surface area contributed by atoms with Gasteiger partial charge in [0, 0.05) is 25.6 Å². The van der Waals surface area contributed by atoms with Gasteiger partial charge in [0.15, 0.2) is 0 Å². The van der Waals surface area contributed by atoms with Crippen molar-refractivity contribution in [2.24, 2.45) is 0 Å². The quantitative estimate of drug-likeness (QED) is 0.904. The Kier molecular flexibility index (Phi) is 4.54. The van der Waals surface area contributed by atoms with Gasteiger partial charge in [0.2, 0.25) is 0 Å². The average Bonchev–Trinajstić information content (AvgIpc) is 2.94. The Labute approximate surface area is 120 Å². The lowest BCUT2D eigenvalue weighted by atomic mass is 9.89. The van der Waals surface area contributed by atoms with Crippen molar-refractivity contribution >= 4 is 11.6 Å². The number of nitrogens with one attached hydrogen (secondary N) is 1. The normalized spacial score (nSPS) is 24.9. The smallest absolute Gasteiger partial charge is 0.0847 e. The maximum absolute atomic E-state index is 6.39. The van der Waals surface area contributed by atoms with Crippen LogP contribution in [0.4, 0.5) is 0 Å². The summed E-state index contributed by atoms with van der Waals surface area (Å²) in [7, 11) is 1.99. The van der Waals surface area contributed by atoms with Gasteiger partial charge in [0.05, 0.1) is 22.0 Å².